The third kappa shape index (κ3) is 3.50. The molecule has 2 N–H and O–H groups in total. The zero-order chi connectivity index (χ0) is 14.7. The Bertz CT molecular complexity index is 592. The van der Waals surface area contributed by atoms with Crippen LogP contribution in [-0.4, -0.2) is 21.5 Å². The molecular weight excluding hydrogens is 282 g/mol. The molecule has 1 fully saturated rings. The zero-order valence-corrected chi connectivity index (χ0v) is 13.3. The van der Waals surface area contributed by atoms with Gasteiger partial charge in [0.2, 0.25) is 0 Å². The van der Waals surface area contributed by atoms with Crippen LogP contribution in [0.3, 0.4) is 0 Å². The maximum Gasteiger partial charge on any atom is 0.136 e. The summed E-state index contributed by atoms with van der Waals surface area (Å²) in [5, 5.41) is 6.85. The van der Waals surface area contributed by atoms with Crippen LogP contribution in [0.4, 0.5) is 11.6 Å². The highest BCUT2D eigenvalue weighted by Gasteiger charge is 2.28. The first-order valence-electron chi connectivity index (χ1n) is 7.51. The van der Waals surface area contributed by atoms with Gasteiger partial charge in [-0.15, -0.1) is 11.3 Å². The van der Waals surface area contributed by atoms with Crippen molar-refractivity contribution in [2.45, 2.75) is 45.6 Å². The minimum Gasteiger partial charge on any atom is -0.370 e. The summed E-state index contributed by atoms with van der Waals surface area (Å²) in [6.45, 7) is 5.94. The molecule has 1 aliphatic rings. The smallest absolute Gasteiger partial charge is 0.136 e. The Hall–Kier alpha value is -1.69. The van der Waals surface area contributed by atoms with Gasteiger partial charge in [0.25, 0.3) is 0 Å². The molecule has 0 unspecified atom stereocenters. The van der Waals surface area contributed by atoms with Crippen LogP contribution >= 0.6 is 11.3 Å². The van der Waals surface area contributed by atoms with E-state index in [-0.39, 0.29) is 0 Å². The van der Waals surface area contributed by atoms with Gasteiger partial charge in [-0.25, -0.2) is 9.97 Å². The molecule has 0 saturated heterocycles. The predicted octanol–water partition coefficient (Wildman–Crippen LogP) is 3.55. The van der Waals surface area contributed by atoms with E-state index in [0.717, 1.165) is 42.5 Å². The molecule has 1 aliphatic carbocycles. The lowest BCUT2D eigenvalue weighted by Gasteiger charge is -2.14. The van der Waals surface area contributed by atoms with Crippen LogP contribution in [0.25, 0.3) is 0 Å². The summed E-state index contributed by atoms with van der Waals surface area (Å²) in [6.07, 6.45) is 5.41. The fourth-order valence-corrected chi connectivity index (χ4v) is 2.68. The second-order valence-corrected chi connectivity index (χ2v) is 6.40. The van der Waals surface area contributed by atoms with Crippen molar-refractivity contribution >= 4 is 23.0 Å². The number of anilines is 2. The molecule has 0 amide bonds. The summed E-state index contributed by atoms with van der Waals surface area (Å²) in [7, 11) is 0. The molecule has 112 valence electrons. The van der Waals surface area contributed by atoms with Crippen LogP contribution < -0.4 is 10.6 Å². The predicted molar refractivity (Wildman–Crippen MR) is 87.0 cm³/mol. The first-order chi connectivity index (χ1) is 10.3. The van der Waals surface area contributed by atoms with Crippen LogP contribution in [0.1, 0.15) is 48.4 Å². The molecule has 2 aromatic heterocycles. The third-order valence-corrected chi connectivity index (χ3v) is 4.34. The summed E-state index contributed by atoms with van der Waals surface area (Å²) in [4.78, 5) is 14.7. The first kappa shape index (κ1) is 14.3. The van der Waals surface area contributed by atoms with Crippen LogP contribution in [-0.2, 0) is 6.54 Å². The van der Waals surface area contributed by atoms with E-state index in [1.165, 1.54) is 17.7 Å². The van der Waals surface area contributed by atoms with Crippen LogP contribution in [0.2, 0.25) is 0 Å². The monoisotopic (exact) mass is 303 g/mol. The maximum atomic E-state index is 4.72. The van der Waals surface area contributed by atoms with E-state index < -0.39 is 0 Å². The molecule has 0 spiro atoms. The van der Waals surface area contributed by atoms with E-state index in [1.54, 1.807) is 11.3 Å². The molecule has 0 bridgehead atoms. The van der Waals surface area contributed by atoms with Gasteiger partial charge in [-0.3, -0.25) is 4.98 Å². The lowest BCUT2D eigenvalue weighted by Crippen LogP contribution is -2.11. The Morgan fingerprint density at radius 2 is 2.00 bits per heavy atom. The van der Waals surface area contributed by atoms with Crippen LogP contribution in [0, 0.1) is 6.92 Å². The summed E-state index contributed by atoms with van der Waals surface area (Å²) in [5.74, 6) is 3.45. The highest BCUT2D eigenvalue weighted by molar-refractivity contribution is 7.09. The normalized spacial score (nSPS) is 14.2. The number of hydrogen-bond acceptors (Lipinski definition) is 6. The van der Waals surface area contributed by atoms with Gasteiger partial charge < -0.3 is 10.6 Å². The Labute approximate surface area is 129 Å². The Kier molecular flexibility index (Phi) is 4.34. The van der Waals surface area contributed by atoms with Gasteiger partial charge in [-0.1, -0.05) is 6.92 Å². The fourth-order valence-electron chi connectivity index (χ4n) is 2.15. The van der Waals surface area contributed by atoms with Crippen LogP contribution in [0.15, 0.2) is 11.7 Å². The van der Waals surface area contributed by atoms with Gasteiger partial charge in [-0.2, -0.15) is 0 Å². The van der Waals surface area contributed by atoms with E-state index in [4.69, 9.17) is 9.97 Å². The largest absolute Gasteiger partial charge is 0.370 e. The Morgan fingerprint density at radius 1 is 1.24 bits per heavy atom. The van der Waals surface area contributed by atoms with E-state index in [1.807, 2.05) is 11.7 Å². The number of nitrogens with zero attached hydrogens (tertiary/aromatic N) is 3. The van der Waals surface area contributed by atoms with Gasteiger partial charge >= 0.3 is 0 Å². The quantitative estimate of drug-likeness (QED) is 0.819. The second-order valence-electron chi connectivity index (χ2n) is 5.43. The topological polar surface area (TPSA) is 62.7 Å². The van der Waals surface area contributed by atoms with Crippen molar-refractivity contribution in [3.05, 3.63) is 28.0 Å². The highest BCUT2D eigenvalue weighted by atomic mass is 32.1. The first-order valence-corrected chi connectivity index (χ1v) is 8.39. The average Bonchev–Trinajstić information content (AvgIpc) is 3.21. The highest BCUT2D eigenvalue weighted by Crippen LogP contribution is 2.39. The summed E-state index contributed by atoms with van der Waals surface area (Å²) in [5.41, 5.74) is 2.95. The van der Waals surface area contributed by atoms with Crippen molar-refractivity contribution in [3.8, 4) is 0 Å². The van der Waals surface area contributed by atoms with Crippen LogP contribution in [0.5, 0.6) is 0 Å². The standard InChI is InChI=1S/C15H21N5S/c1-3-6-17-13-10(2)14(18-8-12-7-16-9-21-12)20-15(19-13)11-4-5-11/h7,9,11H,3-6,8H2,1-2H3,(H2,17,18,19,20). The fraction of sp³-hybridized carbons (Fsp3) is 0.533. The number of aromatic nitrogens is 3. The minimum atomic E-state index is 0.553. The molecule has 2 heterocycles. The molecular formula is C15H21N5S. The van der Waals surface area contributed by atoms with Crippen molar-refractivity contribution in [1.82, 2.24) is 15.0 Å². The van der Waals surface area contributed by atoms with Gasteiger partial charge in [0.15, 0.2) is 0 Å². The molecule has 5 nitrogen and oxygen atoms in total. The number of thiazole rings is 1. The van der Waals surface area contributed by atoms with Crippen molar-refractivity contribution in [2.24, 2.45) is 0 Å². The Morgan fingerprint density at radius 3 is 2.62 bits per heavy atom. The average molecular weight is 303 g/mol. The second kappa shape index (κ2) is 6.39. The van der Waals surface area contributed by atoms with Gasteiger partial charge in [0.1, 0.15) is 17.5 Å². The minimum absolute atomic E-state index is 0.553. The van der Waals surface area contributed by atoms with E-state index in [9.17, 15) is 0 Å². The van der Waals surface area contributed by atoms with Crippen molar-refractivity contribution in [3.63, 3.8) is 0 Å². The molecule has 2 aromatic rings. The molecule has 0 aromatic carbocycles. The summed E-state index contributed by atoms with van der Waals surface area (Å²) >= 11 is 1.66. The maximum absolute atomic E-state index is 4.72. The van der Waals surface area contributed by atoms with E-state index >= 15 is 0 Å². The summed E-state index contributed by atoms with van der Waals surface area (Å²) in [6, 6.07) is 0. The molecule has 3 rings (SSSR count). The van der Waals surface area contributed by atoms with Crippen molar-refractivity contribution < 1.29 is 0 Å². The lowest BCUT2D eigenvalue weighted by molar-refractivity contribution is 0.896. The van der Waals surface area contributed by atoms with Gasteiger partial charge in [-0.05, 0) is 26.2 Å². The molecule has 0 aliphatic heterocycles. The lowest BCUT2D eigenvalue weighted by atomic mass is 10.2. The molecule has 0 radical (unpaired) electrons. The molecule has 1 saturated carbocycles. The molecule has 21 heavy (non-hydrogen) atoms. The van der Waals surface area contributed by atoms with Gasteiger partial charge in [0, 0.05) is 29.1 Å². The zero-order valence-electron chi connectivity index (χ0n) is 12.5. The molecule has 0 atom stereocenters. The number of rotatable bonds is 7. The van der Waals surface area contributed by atoms with E-state index in [2.05, 4.69) is 29.5 Å². The number of hydrogen-bond donors (Lipinski definition) is 2. The van der Waals surface area contributed by atoms with Crippen molar-refractivity contribution in [1.29, 1.82) is 0 Å². The van der Waals surface area contributed by atoms with E-state index in [0.29, 0.717) is 5.92 Å². The van der Waals surface area contributed by atoms with Crippen molar-refractivity contribution in [2.75, 3.05) is 17.2 Å². The number of nitrogens with one attached hydrogen (secondary N) is 2. The van der Waals surface area contributed by atoms with Gasteiger partial charge in [0.05, 0.1) is 12.1 Å². The Balaban J connectivity index is 1.80. The SMILES string of the molecule is CCCNc1nc(C2CC2)nc(NCc2cncs2)c1C. The summed E-state index contributed by atoms with van der Waals surface area (Å²) < 4.78 is 0. The third-order valence-electron chi connectivity index (χ3n) is 3.56. The molecule has 6 heteroatoms.